The number of anilines is 1. The molecule has 0 aliphatic heterocycles. The fourth-order valence-corrected chi connectivity index (χ4v) is 2.54. The zero-order valence-electron chi connectivity index (χ0n) is 10.2. The highest BCUT2D eigenvalue weighted by Gasteiger charge is 2.07. The minimum absolute atomic E-state index is 0.595. The van der Waals surface area contributed by atoms with E-state index in [9.17, 15) is 0 Å². The number of ether oxygens (including phenoxy) is 1. The van der Waals surface area contributed by atoms with Gasteiger partial charge in [-0.15, -0.1) is 11.3 Å². The smallest absolute Gasteiger partial charge is 0.221 e. The summed E-state index contributed by atoms with van der Waals surface area (Å²) in [6, 6.07) is 3.89. The first-order chi connectivity index (χ1) is 8.70. The minimum atomic E-state index is 0.595. The number of hydrogen-bond donors (Lipinski definition) is 1. The quantitative estimate of drug-likeness (QED) is 0.912. The Kier molecular flexibility index (Phi) is 4.38. The van der Waals surface area contributed by atoms with Crippen molar-refractivity contribution in [1.29, 1.82) is 0 Å². The molecule has 0 amide bonds. The highest BCUT2D eigenvalue weighted by molar-refractivity contribution is 7.16. The topological polar surface area (TPSA) is 47.0 Å². The van der Waals surface area contributed by atoms with Gasteiger partial charge in [0.15, 0.2) is 0 Å². The van der Waals surface area contributed by atoms with E-state index in [1.807, 2.05) is 26.0 Å². The molecule has 0 aliphatic carbocycles. The van der Waals surface area contributed by atoms with E-state index in [0.29, 0.717) is 19.0 Å². The van der Waals surface area contributed by atoms with Crippen molar-refractivity contribution in [3.8, 4) is 5.88 Å². The lowest BCUT2D eigenvalue weighted by atomic mass is 10.3. The summed E-state index contributed by atoms with van der Waals surface area (Å²) in [4.78, 5) is 9.47. The molecule has 0 saturated carbocycles. The van der Waals surface area contributed by atoms with Gasteiger partial charge in [-0.2, -0.15) is 0 Å². The van der Waals surface area contributed by atoms with E-state index < -0.39 is 0 Å². The molecule has 0 aliphatic rings. The van der Waals surface area contributed by atoms with Crippen LogP contribution in [0.4, 0.5) is 5.82 Å². The van der Waals surface area contributed by atoms with Gasteiger partial charge in [0.1, 0.15) is 12.1 Å². The molecule has 0 aromatic carbocycles. The summed E-state index contributed by atoms with van der Waals surface area (Å²) in [5, 5.41) is 3.26. The number of nitrogens with one attached hydrogen (secondary N) is 1. The van der Waals surface area contributed by atoms with E-state index in [2.05, 4.69) is 15.3 Å². The van der Waals surface area contributed by atoms with Crippen LogP contribution in [0.1, 0.15) is 17.4 Å². The van der Waals surface area contributed by atoms with Crippen molar-refractivity contribution < 1.29 is 4.74 Å². The Morgan fingerprint density at radius 1 is 1.39 bits per heavy atom. The second-order valence-corrected chi connectivity index (χ2v) is 5.44. The molecule has 0 fully saturated rings. The van der Waals surface area contributed by atoms with Gasteiger partial charge in [0, 0.05) is 4.88 Å². The van der Waals surface area contributed by atoms with Crippen LogP contribution >= 0.6 is 22.9 Å². The molecule has 18 heavy (non-hydrogen) atoms. The summed E-state index contributed by atoms with van der Waals surface area (Å²) >= 11 is 7.44. The Balaban J connectivity index is 2.07. The molecule has 0 atom stereocenters. The first-order valence-electron chi connectivity index (χ1n) is 5.63. The maximum absolute atomic E-state index is 5.89. The predicted octanol–water partition coefficient (Wildman–Crippen LogP) is 3.51. The van der Waals surface area contributed by atoms with E-state index in [-0.39, 0.29) is 0 Å². The monoisotopic (exact) mass is 283 g/mol. The molecule has 0 spiro atoms. The first-order valence-corrected chi connectivity index (χ1v) is 6.82. The number of thiophene rings is 1. The molecule has 6 heteroatoms. The van der Waals surface area contributed by atoms with Crippen LogP contribution in [-0.2, 0) is 6.54 Å². The molecule has 2 rings (SSSR count). The molecule has 2 aromatic rings. The van der Waals surface area contributed by atoms with Gasteiger partial charge in [-0.3, -0.25) is 0 Å². The predicted molar refractivity (Wildman–Crippen MR) is 74.6 cm³/mol. The molecule has 1 N–H and O–H groups in total. The lowest BCUT2D eigenvalue weighted by Crippen LogP contribution is -2.05. The SMILES string of the molecule is CCOc1ncnc(NCc2ccc(Cl)s2)c1C. The normalized spacial score (nSPS) is 10.4. The van der Waals surface area contributed by atoms with Crippen LogP contribution in [0.15, 0.2) is 18.5 Å². The van der Waals surface area contributed by atoms with Crippen molar-refractivity contribution in [3.05, 3.63) is 33.2 Å². The van der Waals surface area contributed by atoms with Crippen molar-refractivity contribution in [2.75, 3.05) is 11.9 Å². The van der Waals surface area contributed by atoms with Crippen LogP contribution in [0.2, 0.25) is 4.34 Å². The largest absolute Gasteiger partial charge is 0.478 e. The molecule has 0 saturated heterocycles. The summed E-state index contributed by atoms with van der Waals surface area (Å²) in [6.07, 6.45) is 1.50. The van der Waals surface area contributed by atoms with E-state index >= 15 is 0 Å². The number of halogens is 1. The van der Waals surface area contributed by atoms with Crippen LogP contribution in [0.3, 0.4) is 0 Å². The van der Waals surface area contributed by atoms with Gasteiger partial charge in [0.05, 0.1) is 23.1 Å². The zero-order valence-corrected chi connectivity index (χ0v) is 11.8. The van der Waals surface area contributed by atoms with E-state index in [4.69, 9.17) is 16.3 Å². The molecule has 0 bridgehead atoms. The van der Waals surface area contributed by atoms with Crippen molar-refractivity contribution in [3.63, 3.8) is 0 Å². The fraction of sp³-hybridized carbons (Fsp3) is 0.333. The van der Waals surface area contributed by atoms with Gasteiger partial charge in [-0.25, -0.2) is 9.97 Å². The van der Waals surface area contributed by atoms with Gasteiger partial charge in [0.25, 0.3) is 0 Å². The molecule has 0 radical (unpaired) electrons. The Labute approximate surface area is 115 Å². The molecular weight excluding hydrogens is 270 g/mol. The number of rotatable bonds is 5. The third-order valence-corrected chi connectivity index (χ3v) is 3.61. The molecule has 2 heterocycles. The third-order valence-electron chi connectivity index (χ3n) is 2.38. The van der Waals surface area contributed by atoms with Gasteiger partial charge < -0.3 is 10.1 Å². The van der Waals surface area contributed by atoms with Crippen molar-refractivity contribution in [1.82, 2.24) is 9.97 Å². The summed E-state index contributed by atoms with van der Waals surface area (Å²) in [5.74, 6) is 1.41. The van der Waals surface area contributed by atoms with Crippen molar-refractivity contribution in [2.24, 2.45) is 0 Å². The zero-order chi connectivity index (χ0) is 13.0. The number of hydrogen-bond acceptors (Lipinski definition) is 5. The summed E-state index contributed by atoms with van der Waals surface area (Å²) < 4.78 is 6.22. The molecular formula is C12H14ClN3OS. The average Bonchev–Trinajstić information content (AvgIpc) is 2.77. The molecule has 4 nitrogen and oxygen atoms in total. The van der Waals surface area contributed by atoms with Crippen molar-refractivity contribution in [2.45, 2.75) is 20.4 Å². The van der Waals surface area contributed by atoms with Gasteiger partial charge in [-0.1, -0.05) is 11.6 Å². The van der Waals surface area contributed by atoms with Crippen LogP contribution in [0.5, 0.6) is 5.88 Å². The first kappa shape index (κ1) is 13.1. The summed E-state index contributed by atoms with van der Waals surface area (Å²) in [7, 11) is 0. The van der Waals surface area contributed by atoms with E-state index in [1.165, 1.54) is 6.33 Å². The van der Waals surface area contributed by atoms with Crippen LogP contribution in [-0.4, -0.2) is 16.6 Å². The average molecular weight is 284 g/mol. The number of aromatic nitrogens is 2. The van der Waals surface area contributed by atoms with Crippen LogP contribution in [0, 0.1) is 6.92 Å². The highest BCUT2D eigenvalue weighted by atomic mass is 35.5. The third kappa shape index (κ3) is 3.11. The van der Waals surface area contributed by atoms with Crippen LogP contribution < -0.4 is 10.1 Å². The molecule has 96 valence electrons. The Bertz CT molecular complexity index is 530. The van der Waals surface area contributed by atoms with E-state index in [0.717, 1.165) is 20.6 Å². The summed E-state index contributed by atoms with van der Waals surface area (Å²) in [5.41, 5.74) is 0.919. The Morgan fingerprint density at radius 3 is 2.89 bits per heavy atom. The number of nitrogens with zero attached hydrogens (tertiary/aromatic N) is 2. The lowest BCUT2D eigenvalue weighted by Gasteiger charge is -2.10. The van der Waals surface area contributed by atoms with Crippen molar-refractivity contribution >= 4 is 28.8 Å². The van der Waals surface area contributed by atoms with Gasteiger partial charge in [0.2, 0.25) is 5.88 Å². The maximum atomic E-state index is 5.89. The minimum Gasteiger partial charge on any atom is -0.478 e. The Hall–Kier alpha value is -1.33. The summed E-state index contributed by atoms with van der Waals surface area (Å²) in [6.45, 7) is 5.16. The standard InChI is InChI=1S/C12H14ClN3OS/c1-3-17-12-8(2)11(15-7-16-12)14-6-9-4-5-10(13)18-9/h4-5,7H,3,6H2,1-2H3,(H,14,15,16). The van der Waals surface area contributed by atoms with Gasteiger partial charge in [-0.05, 0) is 26.0 Å². The van der Waals surface area contributed by atoms with Gasteiger partial charge >= 0.3 is 0 Å². The van der Waals surface area contributed by atoms with Crippen LogP contribution in [0.25, 0.3) is 0 Å². The second-order valence-electron chi connectivity index (χ2n) is 3.64. The lowest BCUT2D eigenvalue weighted by molar-refractivity contribution is 0.324. The molecule has 0 unspecified atom stereocenters. The highest BCUT2D eigenvalue weighted by Crippen LogP contribution is 2.24. The Morgan fingerprint density at radius 2 is 2.22 bits per heavy atom. The molecule has 2 aromatic heterocycles. The second kappa shape index (κ2) is 6.02. The van der Waals surface area contributed by atoms with E-state index in [1.54, 1.807) is 11.3 Å². The maximum Gasteiger partial charge on any atom is 0.221 e. The fourth-order valence-electron chi connectivity index (χ4n) is 1.51.